The van der Waals surface area contributed by atoms with Crippen molar-refractivity contribution in [3.63, 3.8) is 0 Å². The molecule has 0 saturated carbocycles. The molecule has 1 heterocycles. The monoisotopic (exact) mass is 292 g/mol. The minimum atomic E-state index is -0.252. The van der Waals surface area contributed by atoms with Gasteiger partial charge in [-0.1, -0.05) is 31.2 Å². The molecule has 3 rings (SSSR count). The van der Waals surface area contributed by atoms with Crippen molar-refractivity contribution in [2.75, 3.05) is 0 Å². The minimum Gasteiger partial charge on any atom is -0.345 e. The van der Waals surface area contributed by atoms with Crippen LogP contribution in [0, 0.1) is 0 Å². The van der Waals surface area contributed by atoms with Gasteiger partial charge in [0, 0.05) is 5.56 Å². The van der Waals surface area contributed by atoms with Crippen molar-refractivity contribution in [2.24, 2.45) is 5.10 Å². The van der Waals surface area contributed by atoms with E-state index >= 15 is 0 Å². The molecule has 1 aromatic heterocycles. The lowest BCUT2D eigenvalue weighted by Crippen LogP contribution is -2.17. The second kappa shape index (κ2) is 6.22. The third kappa shape index (κ3) is 3.03. The fourth-order valence-corrected chi connectivity index (χ4v) is 2.15. The molecule has 0 radical (unpaired) electrons. The Balaban J connectivity index is 1.66. The van der Waals surface area contributed by atoms with Crippen LogP contribution in [-0.4, -0.2) is 22.1 Å². The fraction of sp³-hybridized carbons (Fsp3) is 0.118. The van der Waals surface area contributed by atoms with Crippen LogP contribution in [0.4, 0.5) is 0 Å². The molecule has 0 spiro atoms. The van der Waals surface area contributed by atoms with E-state index in [1.165, 1.54) is 5.56 Å². The zero-order valence-electron chi connectivity index (χ0n) is 12.2. The van der Waals surface area contributed by atoms with Crippen molar-refractivity contribution < 1.29 is 4.79 Å². The van der Waals surface area contributed by atoms with Crippen molar-refractivity contribution >= 4 is 23.2 Å². The number of carbonyl (C=O) groups excluding carboxylic acids is 1. The van der Waals surface area contributed by atoms with Gasteiger partial charge in [0.2, 0.25) is 0 Å². The van der Waals surface area contributed by atoms with E-state index in [1.807, 2.05) is 12.1 Å². The van der Waals surface area contributed by atoms with Gasteiger partial charge in [0.05, 0.1) is 23.6 Å². The molecule has 5 nitrogen and oxygen atoms in total. The van der Waals surface area contributed by atoms with Crippen LogP contribution in [0.15, 0.2) is 53.9 Å². The minimum absolute atomic E-state index is 0.252. The van der Waals surface area contributed by atoms with Crippen LogP contribution < -0.4 is 5.43 Å². The van der Waals surface area contributed by atoms with Gasteiger partial charge in [-0.05, 0) is 35.7 Å². The normalized spacial score (nSPS) is 11.1. The molecule has 0 saturated heterocycles. The van der Waals surface area contributed by atoms with Crippen molar-refractivity contribution in [1.29, 1.82) is 0 Å². The molecule has 0 bridgehead atoms. The molecule has 1 amide bonds. The maximum Gasteiger partial charge on any atom is 0.271 e. The predicted octanol–water partition coefficient (Wildman–Crippen LogP) is 2.89. The number of nitrogens with one attached hydrogen (secondary N) is 2. The summed E-state index contributed by atoms with van der Waals surface area (Å²) in [4.78, 5) is 19.1. The van der Waals surface area contributed by atoms with Gasteiger partial charge in [-0.2, -0.15) is 5.10 Å². The summed E-state index contributed by atoms with van der Waals surface area (Å²) >= 11 is 0. The summed E-state index contributed by atoms with van der Waals surface area (Å²) < 4.78 is 0. The number of carbonyl (C=O) groups is 1. The first-order valence-electron chi connectivity index (χ1n) is 7.12. The van der Waals surface area contributed by atoms with E-state index < -0.39 is 0 Å². The summed E-state index contributed by atoms with van der Waals surface area (Å²) in [6.45, 7) is 2.11. The number of imidazole rings is 1. The highest BCUT2D eigenvalue weighted by molar-refractivity contribution is 5.97. The average molecular weight is 292 g/mol. The lowest BCUT2D eigenvalue weighted by molar-refractivity contribution is 0.0955. The first-order chi connectivity index (χ1) is 10.8. The third-order valence-corrected chi connectivity index (χ3v) is 3.45. The quantitative estimate of drug-likeness (QED) is 0.573. The smallest absolute Gasteiger partial charge is 0.271 e. The Morgan fingerprint density at radius 1 is 1.27 bits per heavy atom. The van der Waals surface area contributed by atoms with Crippen molar-refractivity contribution in [2.45, 2.75) is 13.3 Å². The second-order valence-electron chi connectivity index (χ2n) is 4.93. The van der Waals surface area contributed by atoms with Gasteiger partial charge >= 0.3 is 0 Å². The van der Waals surface area contributed by atoms with Crippen LogP contribution in [0.2, 0.25) is 0 Å². The van der Waals surface area contributed by atoms with E-state index in [0.29, 0.717) is 5.56 Å². The largest absolute Gasteiger partial charge is 0.345 e. The number of hydrogen-bond acceptors (Lipinski definition) is 3. The fourth-order valence-electron chi connectivity index (χ4n) is 2.15. The molecule has 0 fully saturated rings. The molecular formula is C17H16N4O. The lowest BCUT2D eigenvalue weighted by atomic mass is 10.1. The highest BCUT2D eigenvalue weighted by Gasteiger charge is 2.06. The molecule has 2 N–H and O–H groups in total. The number of rotatable bonds is 4. The Morgan fingerprint density at radius 3 is 2.86 bits per heavy atom. The summed E-state index contributed by atoms with van der Waals surface area (Å²) in [5, 5.41) is 3.99. The standard InChI is InChI=1S/C17H16N4O/c1-2-12-3-5-13(6-4-12)10-20-21-17(22)14-7-8-15-16(9-14)19-11-18-15/h3-11H,2H2,1H3,(H,18,19)(H,21,22)/b20-10+. The number of fused-ring (bicyclic) bond motifs is 1. The van der Waals surface area contributed by atoms with Crippen LogP contribution in [0.5, 0.6) is 0 Å². The number of H-pyrrole nitrogens is 1. The van der Waals surface area contributed by atoms with Gasteiger partial charge in [-0.3, -0.25) is 4.79 Å². The van der Waals surface area contributed by atoms with Crippen LogP contribution in [0.25, 0.3) is 11.0 Å². The predicted molar refractivity (Wildman–Crippen MR) is 87.0 cm³/mol. The number of aromatic amines is 1. The first-order valence-corrected chi connectivity index (χ1v) is 7.12. The van der Waals surface area contributed by atoms with Gasteiger partial charge in [0.15, 0.2) is 0 Å². The number of amides is 1. The van der Waals surface area contributed by atoms with Crippen LogP contribution >= 0.6 is 0 Å². The number of aryl methyl sites for hydroxylation is 1. The molecule has 5 heteroatoms. The number of benzene rings is 2. The maximum atomic E-state index is 12.0. The molecule has 0 aliphatic carbocycles. The summed E-state index contributed by atoms with van der Waals surface area (Å²) in [5.41, 5.74) is 6.94. The summed E-state index contributed by atoms with van der Waals surface area (Å²) in [7, 11) is 0. The third-order valence-electron chi connectivity index (χ3n) is 3.45. The van der Waals surface area contributed by atoms with E-state index in [0.717, 1.165) is 23.0 Å². The van der Waals surface area contributed by atoms with Crippen molar-refractivity contribution in [3.8, 4) is 0 Å². The number of hydrogen-bond donors (Lipinski definition) is 2. The van der Waals surface area contributed by atoms with E-state index in [2.05, 4.69) is 39.6 Å². The number of hydrazone groups is 1. The molecule has 0 aliphatic rings. The summed E-state index contributed by atoms with van der Waals surface area (Å²) in [6.07, 6.45) is 4.24. The van der Waals surface area contributed by atoms with Crippen LogP contribution in [-0.2, 0) is 6.42 Å². The first kappa shape index (κ1) is 14.0. The Morgan fingerprint density at radius 2 is 2.09 bits per heavy atom. The van der Waals surface area contributed by atoms with Gasteiger partial charge < -0.3 is 4.98 Å². The maximum absolute atomic E-state index is 12.0. The highest BCUT2D eigenvalue weighted by Crippen LogP contribution is 2.11. The molecule has 22 heavy (non-hydrogen) atoms. The molecular weight excluding hydrogens is 276 g/mol. The zero-order valence-corrected chi connectivity index (χ0v) is 12.2. The molecule has 3 aromatic rings. The molecule has 0 unspecified atom stereocenters. The highest BCUT2D eigenvalue weighted by atomic mass is 16.2. The number of aromatic nitrogens is 2. The molecule has 110 valence electrons. The van der Waals surface area contributed by atoms with Gasteiger partial charge in [0.1, 0.15) is 0 Å². The van der Waals surface area contributed by atoms with Gasteiger partial charge in [-0.15, -0.1) is 0 Å². The zero-order chi connectivity index (χ0) is 15.4. The molecule has 0 aliphatic heterocycles. The average Bonchev–Trinajstić information content (AvgIpc) is 3.03. The summed E-state index contributed by atoms with van der Waals surface area (Å²) in [5.74, 6) is -0.252. The second-order valence-corrected chi connectivity index (χ2v) is 4.93. The topological polar surface area (TPSA) is 70.1 Å². The number of nitrogens with zero attached hydrogens (tertiary/aromatic N) is 2. The van der Waals surface area contributed by atoms with Crippen molar-refractivity contribution in [1.82, 2.24) is 15.4 Å². The van der Waals surface area contributed by atoms with Crippen LogP contribution in [0.1, 0.15) is 28.4 Å². The molecule has 2 aromatic carbocycles. The Hall–Kier alpha value is -2.95. The summed E-state index contributed by atoms with van der Waals surface area (Å²) in [6, 6.07) is 13.3. The van der Waals surface area contributed by atoms with E-state index in [1.54, 1.807) is 30.7 Å². The van der Waals surface area contributed by atoms with Gasteiger partial charge in [0.25, 0.3) is 5.91 Å². The SMILES string of the molecule is CCc1ccc(/C=N/NC(=O)c2ccc3nc[nH]c3c2)cc1. The van der Waals surface area contributed by atoms with E-state index in [4.69, 9.17) is 0 Å². The Bertz CT molecular complexity index is 818. The lowest BCUT2D eigenvalue weighted by Gasteiger charge is -2.00. The van der Waals surface area contributed by atoms with Gasteiger partial charge in [-0.25, -0.2) is 10.4 Å². The van der Waals surface area contributed by atoms with Crippen LogP contribution in [0.3, 0.4) is 0 Å². The Kier molecular flexibility index (Phi) is 3.96. The van der Waals surface area contributed by atoms with Crippen molar-refractivity contribution in [3.05, 3.63) is 65.5 Å². The Labute approximate surface area is 128 Å². The van der Waals surface area contributed by atoms with E-state index in [-0.39, 0.29) is 5.91 Å². The molecule has 0 atom stereocenters. The van der Waals surface area contributed by atoms with E-state index in [9.17, 15) is 4.79 Å².